The van der Waals surface area contributed by atoms with Crippen molar-refractivity contribution in [1.29, 1.82) is 0 Å². The molecular weight excluding hydrogens is 324 g/mol. The Kier molecular flexibility index (Phi) is 4.28. The second kappa shape index (κ2) is 5.38. The first-order valence-corrected chi connectivity index (χ1v) is 8.95. The van der Waals surface area contributed by atoms with Gasteiger partial charge in [0.1, 0.15) is 0 Å². The highest BCUT2D eigenvalue weighted by atomic mass is 79.9. The molecule has 1 aromatic rings. The van der Waals surface area contributed by atoms with Gasteiger partial charge >= 0.3 is 0 Å². The first-order valence-electron chi connectivity index (χ1n) is 5.63. The number of thiophene rings is 1. The van der Waals surface area contributed by atoms with Crippen molar-refractivity contribution in [2.24, 2.45) is 0 Å². The van der Waals surface area contributed by atoms with E-state index in [1.807, 2.05) is 12.1 Å². The number of aliphatic hydroxyl groups is 1. The van der Waals surface area contributed by atoms with Crippen LogP contribution in [0.3, 0.4) is 0 Å². The van der Waals surface area contributed by atoms with Crippen molar-refractivity contribution in [1.82, 2.24) is 0 Å². The molecule has 1 aliphatic heterocycles. The van der Waals surface area contributed by atoms with Gasteiger partial charge in [-0.2, -0.15) is 0 Å². The van der Waals surface area contributed by atoms with Gasteiger partial charge in [0.25, 0.3) is 0 Å². The van der Waals surface area contributed by atoms with Crippen LogP contribution < -0.4 is 0 Å². The summed E-state index contributed by atoms with van der Waals surface area (Å²) in [6.07, 6.45) is 1.88. The quantitative estimate of drug-likeness (QED) is 0.920. The van der Waals surface area contributed by atoms with Gasteiger partial charge in [-0.3, -0.25) is 0 Å². The van der Waals surface area contributed by atoms with Crippen LogP contribution in [0.4, 0.5) is 0 Å². The molecule has 2 rings (SSSR count). The number of aliphatic hydroxyl groups excluding tert-OH is 1. The van der Waals surface area contributed by atoms with Gasteiger partial charge in [-0.15, -0.1) is 11.3 Å². The molecule has 0 radical (unpaired) electrons. The molecule has 2 atom stereocenters. The van der Waals surface area contributed by atoms with Gasteiger partial charge in [0.2, 0.25) is 0 Å². The largest absolute Gasteiger partial charge is 0.391 e. The van der Waals surface area contributed by atoms with Crippen molar-refractivity contribution in [2.45, 2.75) is 37.0 Å². The van der Waals surface area contributed by atoms with Crippen molar-refractivity contribution in [3.8, 4) is 0 Å². The first kappa shape index (κ1) is 13.5. The molecule has 6 heteroatoms. The highest BCUT2D eigenvalue weighted by Gasteiger charge is 2.34. The van der Waals surface area contributed by atoms with Gasteiger partial charge in [0, 0.05) is 11.3 Å². The average molecular weight is 339 g/mol. The van der Waals surface area contributed by atoms with Crippen LogP contribution in [0, 0.1) is 0 Å². The fraction of sp³-hybridized carbons (Fsp3) is 0.636. The van der Waals surface area contributed by atoms with Crippen LogP contribution in [0.1, 0.15) is 24.1 Å². The van der Waals surface area contributed by atoms with Gasteiger partial charge in [0.15, 0.2) is 9.84 Å². The number of sulfone groups is 1. The lowest BCUT2D eigenvalue weighted by Crippen LogP contribution is -2.39. The van der Waals surface area contributed by atoms with Crippen molar-refractivity contribution < 1.29 is 13.5 Å². The maximum absolute atomic E-state index is 11.9. The summed E-state index contributed by atoms with van der Waals surface area (Å²) < 4.78 is 24.7. The van der Waals surface area contributed by atoms with E-state index in [-0.39, 0.29) is 5.75 Å². The molecule has 3 nitrogen and oxygen atoms in total. The van der Waals surface area contributed by atoms with Crippen molar-refractivity contribution in [3.05, 3.63) is 20.8 Å². The first-order chi connectivity index (χ1) is 7.99. The van der Waals surface area contributed by atoms with E-state index >= 15 is 0 Å². The topological polar surface area (TPSA) is 54.4 Å². The summed E-state index contributed by atoms with van der Waals surface area (Å²) in [5, 5.41) is 9.51. The minimum absolute atomic E-state index is 0.225. The fourth-order valence-corrected chi connectivity index (χ4v) is 5.75. The van der Waals surface area contributed by atoms with Crippen LogP contribution in [0.5, 0.6) is 0 Å². The van der Waals surface area contributed by atoms with Crippen LogP contribution in [0.2, 0.25) is 0 Å². The van der Waals surface area contributed by atoms with Crippen LogP contribution >= 0.6 is 27.3 Å². The molecule has 1 fully saturated rings. The number of halogens is 1. The van der Waals surface area contributed by atoms with Crippen LogP contribution in [-0.4, -0.2) is 30.6 Å². The second-order valence-electron chi connectivity index (χ2n) is 4.38. The molecule has 0 bridgehead atoms. The third-order valence-electron chi connectivity index (χ3n) is 3.10. The van der Waals surface area contributed by atoms with Gasteiger partial charge in [0.05, 0.1) is 20.9 Å². The van der Waals surface area contributed by atoms with E-state index in [2.05, 4.69) is 15.9 Å². The molecule has 0 amide bonds. The maximum atomic E-state index is 11.9. The predicted octanol–water partition coefficient (Wildman–Crippen LogP) is 2.38. The number of hydrogen-bond acceptors (Lipinski definition) is 4. The van der Waals surface area contributed by atoms with E-state index in [1.54, 1.807) is 11.3 Å². The monoisotopic (exact) mass is 338 g/mol. The smallest absolute Gasteiger partial charge is 0.155 e. The lowest BCUT2D eigenvalue weighted by atomic mass is 10.1. The number of rotatable bonds is 3. The highest BCUT2D eigenvalue weighted by molar-refractivity contribution is 9.11. The fourth-order valence-electron chi connectivity index (χ4n) is 2.21. The van der Waals surface area contributed by atoms with E-state index in [0.29, 0.717) is 12.8 Å². The zero-order valence-corrected chi connectivity index (χ0v) is 12.5. The summed E-state index contributed by atoms with van der Waals surface area (Å²) in [5.41, 5.74) is 0. The molecule has 2 unspecified atom stereocenters. The van der Waals surface area contributed by atoms with Crippen LogP contribution in [-0.2, 0) is 16.3 Å². The molecule has 1 aliphatic rings. The summed E-state index contributed by atoms with van der Waals surface area (Å²) in [4.78, 5) is 1.02. The second-order valence-corrected chi connectivity index (χ2v) is 9.27. The summed E-state index contributed by atoms with van der Waals surface area (Å²) in [6, 6.07) is 3.84. The Balaban J connectivity index is 2.06. The van der Waals surface area contributed by atoms with E-state index in [1.165, 1.54) is 0 Å². The summed E-state index contributed by atoms with van der Waals surface area (Å²) in [6.45, 7) is 0. The van der Waals surface area contributed by atoms with Gasteiger partial charge in [-0.05, 0) is 40.9 Å². The molecule has 0 saturated carbocycles. The summed E-state index contributed by atoms with van der Waals surface area (Å²) in [7, 11) is -3.09. The molecule has 17 heavy (non-hydrogen) atoms. The average Bonchev–Trinajstić information content (AvgIpc) is 2.63. The third-order valence-corrected chi connectivity index (χ3v) is 7.07. The minimum Gasteiger partial charge on any atom is -0.391 e. The van der Waals surface area contributed by atoms with Crippen molar-refractivity contribution in [3.63, 3.8) is 0 Å². The molecule has 2 heterocycles. The molecule has 0 aromatic carbocycles. The summed E-state index contributed by atoms with van der Waals surface area (Å²) >= 11 is 4.90. The third kappa shape index (κ3) is 3.30. The zero-order chi connectivity index (χ0) is 12.5. The lowest BCUT2D eigenvalue weighted by molar-refractivity contribution is 0.163. The molecule has 1 aromatic heterocycles. The molecule has 0 spiro atoms. The number of hydrogen-bond donors (Lipinski definition) is 1. The Morgan fingerprint density at radius 2 is 2.24 bits per heavy atom. The maximum Gasteiger partial charge on any atom is 0.155 e. The van der Waals surface area contributed by atoms with E-state index in [0.717, 1.165) is 21.5 Å². The molecule has 1 saturated heterocycles. The lowest BCUT2D eigenvalue weighted by Gasteiger charge is -2.26. The molecule has 96 valence electrons. The van der Waals surface area contributed by atoms with Gasteiger partial charge in [-0.25, -0.2) is 8.42 Å². The Morgan fingerprint density at radius 3 is 2.82 bits per heavy atom. The molecular formula is C11H15BrO3S2. The SMILES string of the molecule is O=S1(=O)CCCCC1C(O)Cc1ccc(Br)s1. The van der Waals surface area contributed by atoms with Gasteiger partial charge in [-0.1, -0.05) is 6.42 Å². The standard InChI is InChI=1S/C11H15BrO3S2/c12-11-5-4-8(16-11)7-9(13)10-3-1-2-6-17(10,14)15/h4-5,9-10,13H,1-3,6-7H2. The predicted molar refractivity (Wildman–Crippen MR) is 73.2 cm³/mol. The van der Waals surface area contributed by atoms with Gasteiger partial charge < -0.3 is 5.11 Å². The Morgan fingerprint density at radius 1 is 1.47 bits per heavy atom. The Hall–Kier alpha value is 0.0900. The Labute approximate surface area is 114 Å². The van der Waals surface area contributed by atoms with Crippen LogP contribution in [0.15, 0.2) is 15.9 Å². The Bertz CT molecular complexity index is 481. The van der Waals surface area contributed by atoms with Crippen LogP contribution in [0.25, 0.3) is 0 Å². The molecule has 0 aliphatic carbocycles. The molecule has 1 N–H and O–H groups in total. The van der Waals surface area contributed by atoms with E-state index in [9.17, 15) is 13.5 Å². The summed E-state index contributed by atoms with van der Waals surface area (Å²) in [5.74, 6) is 0.225. The minimum atomic E-state index is -3.09. The normalized spacial score (nSPS) is 25.6. The zero-order valence-electron chi connectivity index (χ0n) is 9.30. The highest BCUT2D eigenvalue weighted by Crippen LogP contribution is 2.27. The van der Waals surface area contributed by atoms with Crippen molar-refractivity contribution in [2.75, 3.05) is 5.75 Å². The van der Waals surface area contributed by atoms with E-state index < -0.39 is 21.2 Å². The van der Waals surface area contributed by atoms with Crippen molar-refractivity contribution >= 4 is 37.1 Å². The van der Waals surface area contributed by atoms with E-state index in [4.69, 9.17) is 0 Å².